The summed E-state index contributed by atoms with van der Waals surface area (Å²) in [5.74, 6) is -8.41. The van der Waals surface area contributed by atoms with Crippen molar-refractivity contribution in [1.29, 1.82) is 0 Å². The zero-order chi connectivity index (χ0) is 67.3. The van der Waals surface area contributed by atoms with E-state index in [9.17, 15) is 57.8 Å². The van der Waals surface area contributed by atoms with Crippen LogP contribution in [-0.2, 0) is 78.1 Å². The highest BCUT2D eigenvalue weighted by atomic mass is 32.1. The lowest BCUT2D eigenvalue weighted by Gasteiger charge is -2.38. The number of fused-ring (bicyclic) bond motifs is 1. The Morgan fingerprint density at radius 2 is 1.37 bits per heavy atom. The number of rotatable bonds is 19. The van der Waals surface area contributed by atoms with Gasteiger partial charge in [0.05, 0.1) is 76.4 Å². The van der Waals surface area contributed by atoms with Gasteiger partial charge in [-0.05, 0) is 84.2 Å². The zero-order valence-corrected chi connectivity index (χ0v) is 54.9. The number of amides is 8. The number of thiazole rings is 1. The van der Waals surface area contributed by atoms with Gasteiger partial charge in [-0.15, -0.1) is 11.3 Å². The van der Waals surface area contributed by atoms with Crippen LogP contribution in [0.25, 0.3) is 0 Å². The van der Waals surface area contributed by atoms with E-state index < -0.39 is 101 Å². The van der Waals surface area contributed by atoms with Crippen LogP contribution in [0.5, 0.6) is 5.75 Å². The first-order chi connectivity index (χ1) is 42.4. The van der Waals surface area contributed by atoms with Crippen molar-refractivity contribution < 1.29 is 86.3 Å². The number of aromatic nitrogens is 1. The summed E-state index contributed by atoms with van der Waals surface area (Å²) in [4.78, 5) is 152. The predicted octanol–water partition coefficient (Wildman–Crippen LogP) is 2.45. The van der Waals surface area contributed by atoms with Gasteiger partial charge in [0.2, 0.25) is 41.4 Å². The molecule has 1 aliphatic rings. The number of esters is 2. The minimum atomic E-state index is -1.22. The Balaban J connectivity index is 1.90. The number of hydrogen-bond donors (Lipinski definition) is 8. The Hall–Kier alpha value is -7.44. The first-order valence-corrected chi connectivity index (χ1v) is 31.0. The number of nitrogens with one attached hydrogen (secondary N) is 7. The van der Waals surface area contributed by atoms with E-state index in [0.29, 0.717) is 12.0 Å². The Kier molecular flexibility index (Phi) is 33.2. The van der Waals surface area contributed by atoms with Crippen molar-refractivity contribution in [3.63, 3.8) is 0 Å². The molecule has 8 amide bonds. The maximum absolute atomic E-state index is 14.4. The van der Waals surface area contributed by atoms with Crippen molar-refractivity contribution >= 4 is 82.2 Å². The van der Waals surface area contributed by atoms with Crippen LogP contribution in [0, 0.1) is 17.8 Å². The number of carbonyl (C=O) groups is 11. The molecule has 0 bridgehead atoms. The normalized spacial score (nSPS) is 19.5. The van der Waals surface area contributed by atoms with Crippen LogP contribution in [0.15, 0.2) is 35.7 Å². The van der Waals surface area contributed by atoms with Gasteiger partial charge in [0.15, 0.2) is 11.9 Å². The number of anilines is 1. The Morgan fingerprint density at radius 3 is 1.92 bits per heavy atom. The van der Waals surface area contributed by atoms with Crippen LogP contribution in [0.2, 0.25) is 0 Å². The van der Waals surface area contributed by atoms with E-state index >= 15 is 0 Å². The number of ether oxygens (including phenoxy) is 6. The van der Waals surface area contributed by atoms with Crippen LogP contribution < -0.4 is 42.0 Å². The number of hydrogen-bond acceptors (Lipinski definition) is 20. The van der Waals surface area contributed by atoms with Crippen molar-refractivity contribution in [2.75, 3.05) is 92.4 Å². The van der Waals surface area contributed by atoms with Gasteiger partial charge in [0.1, 0.15) is 28.8 Å². The summed E-state index contributed by atoms with van der Waals surface area (Å²) < 4.78 is 33.4. The molecular weight excluding hydrogens is 1190 g/mol. The van der Waals surface area contributed by atoms with Crippen molar-refractivity contribution in [1.82, 2.24) is 46.7 Å². The van der Waals surface area contributed by atoms with Gasteiger partial charge in [-0.2, -0.15) is 0 Å². The highest BCUT2D eigenvalue weighted by Crippen LogP contribution is 2.32. The standard InChI is InChI=1S/C61H94N10O18S/c1-14-37(4)53(69-60(83)61(9,10)70(11)12)58(80)71(13)46(36(2)3)34-48(88-41(8)72)57-68-45(35-90-57)56(79)66-43(31-38(5)59(81)82)32-42-15-16-47-44(33-42)67-55(78)40(7)65-54(77)39(6)64-51(75)19-23-84-27-29-86-25-21-62-49(73)17-18-50(74)63-22-26-87-30-28-85-24-20-52(76)89-47/h15-18,33,35-40,43,46,48,53H,14,19-32,34H2,1-13H3,(H,62,73)(H,63,74)(H,64,75)(H,65,77)(H,66,79)(H,67,78)(H,69,83)(H,81,82)/t37-,38?,39?,40?,43+,46+,48+,53-/m0/s1. The van der Waals surface area contributed by atoms with Gasteiger partial charge in [0, 0.05) is 69.5 Å². The Labute approximate surface area is 530 Å². The smallest absolute Gasteiger partial charge is 0.313 e. The first kappa shape index (κ1) is 76.8. The lowest BCUT2D eigenvalue weighted by Crippen LogP contribution is -2.60. The van der Waals surface area contributed by atoms with E-state index in [-0.39, 0.29) is 144 Å². The molecule has 0 aliphatic carbocycles. The topological polar surface area (TPSA) is 367 Å². The van der Waals surface area contributed by atoms with Gasteiger partial charge in [-0.25, -0.2) is 4.98 Å². The molecular formula is C61H94N10O18S. The molecule has 0 saturated carbocycles. The summed E-state index contributed by atoms with van der Waals surface area (Å²) in [7, 11) is 5.19. The van der Waals surface area contributed by atoms with E-state index in [1.54, 1.807) is 50.9 Å². The molecule has 0 fully saturated rings. The third-order valence-corrected chi connectivity index (χ3v) is 15.9. The minimum Gasteiger partial charge on any atom is -0.481 e. The Bertz CT molecular complexity index is 2770. The monoisotopic (exact) mass is 1290 g/mol. The number of benzene rings is 1. The molecule has 0 saturated heterocycles. The SMILES string of the molecule is CC[C@H](C)[C@H](NC(=O)C(C)(C)N(C)C)C(=O)N(C)[C@H](C[C@@H](OC(C)=O)c1nc(C(=O)N[C@@H](Cc2ccc3c(c2)NC(=O)C(C)NC(=O)C(C)NC(=O)CCOCCOCCNC(=O)C=CC(=O)NCCOCCOCCC(=O)O3)CC(C)C(=O)O)cs1)C(C)C. The van der Waals surface area contributed by atoms with E-state index in [2.05, 4.69) is 42.2 Å². The molecule has 0 radical (unpaired) electrons. The molecule has 90 heavy (non-hydrogen) atoms. The van der Waals surface area contributed by atoms with E-state index in [4.69, 9.17) is 28.4 Å². The molecule has 3 rings (SSSR count). The highest BCUT2D eigenvalue weighted by Gasteiger charge is 2.39. The summed E-state index contributed by atoms with van der Waals surface area (Å²) in [6.07, 6.45) is 1.33. The summed E-state index contributed by atoms with van der Waals surface area (Å²) in [6.45, 7) is 17.6. The van der Waals surface area contributed by atoms with Crippen LogP contribution in [0.3, 0.4) is 0 Å². The molecule has 2 aromatic rings. The molecule has 8 N–H and O–H groups in total. The largest absolute Gasteiger partial charge is 0.481 e. The summed E-state index contributed by atoms with van der Waals surface area (Å²) in [5, 5.41) is 30.6. The van der Waals surface area contributed by atoms with Crippen molar-refractivity contribution in [3.05, 3.63) is 52.0 Å². The van der Waals surface area contributed by atoms with Crippen molar-refractivity contribution in [3.8, 4) is 5.75 Å². The van der Waals surface area contributed by atoms with Crippen LogP contribution in [0.4, 0.5) is 5.69 Å². The predicted molar refractivity (Wildman–Crippen MR) is 332 cm³/mol. The molecule has 29 heteroatoms. The van der Waals surface area contributed by atoms with E-state index in [1.807, 2.05) is 27.7 Å². The van der Waals surface area contributed by atoms with Gasteiger partial charge < -0.3 is 75.6 Å². The maximum atomic E-state index is 14.4. The third kappa shape index (κ3) is 26.9. The number of carbonyl (C=O) groups excluding carboxylic acids is 10. The molecule has 1 aromatic carbocycles. The fourth-order valence-corrected chi connectivity index (χ4v) is 9.54. The summed E-state index contributed by atoms with van der Waals surface area (Å²) in [6, 6.07) is -0.202. The number of aliphatic carboxylic acids is 1. The summed E-state index contributed by atoms with van der Waals surface area (Å²) >= 11 is 1.05. The van der Waals surface area contributed by atoms with Crippen LogP contribution in [-0.4, -0.2) is 208 Å². The quantitative estimate of drug-likeness (QED) is 0.0739. The number of likely N-dealkylation sites (N-methyl/N-ethyl adjacent to an activating group) is 2. The zero-order valence-electron chi connectivity index (χ0n) is 54.1. The second-order valence-electron chi connectivity index (χ2n) is 23.0. The molecule has 2 heterocycles. The van der Waals surface area contributed by atoms with Crippen LogP contribution >= 0.6 is 11.3 Å². The van der Waals surface area contributed by atoms with Gasteiger partial charge >= 0.3 is 17.9 Å². The average molecular weight is 1290 g/mol. The third-order valence-electron chi connectivity index (χ3n) is 14.9. The van der Waals surface area contributed by atoms with E-state index in [1.165, 1.54) is 45.2 Å². The van der Waals surface area contributed by atoms with Crippen molar-refractivity contribution in [2.45, 2.75) is 150 Å². The first-order valence-electron chi connectivity index (χ1n) is 30.2. The fourth-order valence-electron chi connectivity index (χ4n) is 8.70. The molecule has 3 unspecified atom stereocenters. The molecule has 8 atom stereocenters. The van der Waals surface area contributed by atoms with E-state index in [0.717, 1.165) is 23.5 Å². The Morgan fingerprint density at radius 1 is 0.789 bits per heavy atom. The molecule has 28 nitrogen and oxygen atoms in total. The lowest BCUT2D eigenvalue weighted by molar-refractivity contribution is -0.149. The van der Waals surface area contributed by atoms with Gasteiger partial charge in [0.25, 0.3) is 5.91 Å². The lowest BCUT2D eigenvalue weighted by atomic mass is 9.92. The highest BCUT2D eigenvalue weighted by molar-refractivity contribution is 7.09. The molecule has 0 spiro atoms. The van der Waals surface area contributed by atoms with Crippen molar-refractivity contribution in [2.24, 2.45) is 17.8 Å². The fraction of sp³-hybridized carbons (Fsp3) is 0.639. The number of nitrogens with zero attached hydrogens (tertiary/aromatic N) is 3. The second kappa shape index (κ2) is 39.0. The molecule has 502 valence electrons. The molecule has 1 aliphatic heterocycles. The van der Waals surface area contributed by atoms with Gasteiger partial charge in [-0.1, -0.05) is 47.1 Å². The number of carboxylic acid groups (broad SMARTS) is 1. The second-order valence-corrected chi connectivity index (χ2v) is 23.9. The maximum Gasteiger partial charge on any atom is 0.313 e. The van der Waals surface area contributed by atoms with Gasteiger partial charge in [-0.3, -0.25) is 57.6 Å². The van der Waals surface area contributed by atoms with Crippen LogP contribution in [0.1, 0.15) is 129 Å². The molecule has 1 aromatic heterocycles. The minimum absolute atomic E-state index is 0.000254. The summed E-state index contributed by atoms with van der Waals surface area (Å²) in [5.41, 5.74) is -0.601. The number of carboxylic acids is 1. The average Bonchev–Trinajstić information content (AvgIpc) is 1.33.